The van der Waals surface area contributed by atoms with Gasteiger partial charge in [-0.2, -0.15) is 4.98 Å². The van der Waals surface area contributed by atoms with Crippen LogP contribution in [0, 0.1) is 0 Å². The predicted molar refractivity (Wildman–Crippen MR) is 106 cm³/mol. The number of anilines is 3. The molecule has 2 aliphatic heterocycles. The maximum atomic E-state index is 13.2. The van der Waals surface area contributed by atoms with Gasteiger partial charge in [-0.05, 0) is 38.8 Å². The molecule has 1 unspecified atom stereocenters. The maximum Gasteiger partial charge on any atom is 0.329 e. The number of para-hydroxylation sites is 2. The molecule has 3 heterocycles. The van der Waals surface area contributed by atoms with Gasteiger partial charge in [-0.15, -0.1) is 0 Å². The normalized spacial score (nSPS) is 20.4. The van der Waals surface area contributed by atoms with Crippen LogP contribution in [0.2, 0.25) is 0 Å². The number of hydrogen-bond donors (Lipinski definition) is 0. The molecule has 1 aromatic heterocycles. The highest BCUT2D eigenvalue weighted by molar-refractivity contribution is 5.97. The van der Waals surface area contributed by atoms with Gasteiger partial charge in [0.15, 0.2) is 5.82 Å². The summed E-state index contributed by atoms with van der Waals surface area (Å²) < 4.78 is 5.55. The van der Waals surface area contributed by atoms with Gasteiger partial charge in [0.25, 0.3) is 0 Å². The van der Waals surface area contributed by atoms with Crippen molar-refractivity contribution < 1.29 is 9.32 Å². The van der Waals surface area contributed by atoms with E-state index in [1.807, 2.05) is 65.2 Å². The minimum Gasteiger partial charge on any atom is -0.325 e. The topological polar surface area (TPSA) is 69.0 Å². The van der Waals surface area contributed by atoms with Crippen LogP contribution < -0.4 is 14.7 Å². The summed E-state index contributed by atoms with van der Waals surface area (Å²) in [5, 5.41) is 4.14. The summed E-state index contributed by atoms with van der Waals surface area (Å²) in [6.07, 6.45) is 6.12. The van der Waals surface area contributed by atoms with Gasteiger partial charge in [-0.1, -0.05) is 17.3 Å². The first-order valence-corrected chi connectivity index (χ1v) is 9.95. The van der Waals surface area contributed by atoms with E-state index in [9.17, 15) is 4.79 Å². The molecule has 1 saturated carbocycles. The zero-order valence-electron chi connectivity index (χ0n) is 16.2. The molecule has 8 heteroatoms. The predicted octanol–water partition coefficient (Wildman–Crippen LogP) is 3.35. The Labute approximate surface area is 164 Å². The van der Waals surface area contributed by atoms with Crippen molar-refractivity contribution in [1.82, 2.24) is 15.0 Å². The third kappa shape index (κ3) is 2.63. The van der Waals surface area contributed by atoms with E-state index in [4.69, 9.17) is 4.52 Å². The van der Waals surface area contributed by atoms with E-state index >= 15 is 0 Å². The van der Waals surface area contributed by atoms with Crippen molar-refractivity contribution in [3.8, 4) is 0 Å². The number of carbonyl (C=O) groups is 1. The molecule has 1 aliphatic carbocycles. The van der Waals surface area contributed by atoms with Crippen LogP contribution in [0.1, 0.15) is 38.4 Å². The van der Waals surface area contributed by atoms with E-state index in [1.54, 1.807) is 0 Å². The van der Waals surface area contributed by atoms with Gasteiger partial charge < -0.3 is 14.3 Å². The van der Waals surface area contributed by atoms with E-state index in [1.165, 1.54) is 0 Å². The lowest BCUT2D eigenvalue weighted by atomic mass is 10.1. The summed E-state index contributed by atoms with van der Waals surface area (Å²) in [5.74, 6) is 1.22. The minimum absolute atomic E-state index is 0.0214. The lowest BCUT2D eigenvalue weighted by Crippen LogP contribution is -2.56. The smallest absolute Gasteiger partial charge is 0.325 e. The van der Waals surface area contributed by atoms with Crippen molar-refractivity contribution >= 4 is 23.4 Å². The number of amides is 2. The van der Waals surface area contributed by atoms with E-state index in [0.717, 1.165) is 30.0 Å². The first-order valence-electron chi connectivity index (χ1n) is 9.95. The highest BCUT2D eigenvalue weighted by Crippen LogP contribution is 2.42. The Bertz CT molecular complexity index is 917. The Morgan fingerprint density at radius 2 is 1.86 bits per heavy atom. The maximum absolute atomic E-state index is 13.2. The molecule has 3 aliphatic rings. The molecule has 1 aromatic carbocycles. The van der Waals surface area contributed by atoms with Crippen LogP contribution in [-0.4, -0.2) is 46.9 Å². The van der Waals surface area contributed by atoms with Crippen LogP contribution in [0.4, 0.5) is 22.2 Å². The first kappa shape index (κ1) is 17.1. The Morgan fingerprint density at radius 1 is 1.14 bits per heavy atom. The number of rotatable bonds is 4. The molecule has 0 radical (unpaired) electrons. The fraction of sp³-hybridized carbons (Fsp3) is 0.450. The molecule has 1 fully saturated rings. The number of urea groups is 1. The summed E-state index contributed by atoms with van der Waals surface area (Å²) >= 11 is 0. The van der Waals surface area contributed by atoms with Crippen LogP contribution in [0.3, 0.4) is 0 Å². The Balaban J connectivity index is 1.49. The van der Waals surface area contributed by atoms with Crippen LogP contribution in [-0.2, 0) is 0 Å². The van der Waals surface area contributed by atoms with Crippen molar-refractivity contribution in [2.75, 3.05) is 34.3 Å². The molecule has 0 N–H and O–H groups in total. The van der Waals surface area contributed by atoms with Crippen LogP contribution in [0.15, 0.2) is 41.2 Å². The van der Waals surface area contributed by atoms with Crippen molar-refractivity contribution in [2.24, 2.45) is 0 Å². The Hall–Kier alpha value is -3.03. The Kier molecular flexibility index (Phi) is 3.99. The van der Waals surface area contributed by atoms with Crippen LogP contribution in [0.5, 0.6) is 0 Å². The van der Waals surface area contributed by atoms with Crippen LogP contribution >= 0.6 is 0 Å². The average Bonchev–Trinajstić information content (AvgIpc) is 3.30. The van der Waals surface area contributed by atoms with Gasteiger partial charge in [0.05, 0.1) is 17.9 Å². The van der Waals surface area contributed by atoms with Gasteiger partial charge in [0.2, 0.25) is 0 Å². The molecule has 8 nitrogen and oxygen atoms in total. The lowest BCUT2D eigenvalue weighted by molar-refractivity contribution is 0.209. The highest BCUT2D eigenvalue weighted by atomic mass is 16.5. The van der Waals surface area contributed by atoms with Gasteiger partial charge >= 0.3 is 12.0 Å². The zero-order valence-corrected chi connectivity index (χ0v) is 16.2. The largest absolute Gasteiger partial charge is 0.329 e. The Morgan fingerprint density at radius 3 is 2.57 bits per heavy atom. The van der Waals surface area contributed by atoms with Crippen molar-refractivity contribution in [3.05, 3.63) is 42.5 Å². The summed E-state index contributed by atoms with van der Waals surface area (Å²) in [6.45, 7) is 5.88. The molecule has 5 rings (SSSR count). The molecule has 146 valence electrons. The number of carbonyl (C=O) groups excluding carboxylic acids is 1. The van der Waals surface area contributed by atoms with Gasteiger partial charge in [0.1, 0.15) is 6.17 Å². The molecule has 1 atom stereocenters. The van der Waals surface area contributed by atoms with Crippen molar-refractivity contribution in [3.63, 3.8) is 0 Å². The molecule has 0 spiro atoms. The van der Waals surface area contributed by atoms with Crippen molar-refractivity contribution in [1.29, 1.82) is 0 Å². The number of benzene rings is 1. The molecule has 0 saturated heterocycles. The van der Waals surface area contributed by atoms with Gasteiger partial charge in [0, 0.05) is 31.4 Å². The fourth-order valence-electron chi connectivity index (χ4n) is 3.94. The molecular formula is C20H24N6O2. The molecule has 28 heavy (non-hydrogen) atoms. The quantitative estimate of drug-likeness (QED) is 0.810. The van der Waals surface area contributed by atoms with E-state index in [0.29, 0.717) is 31.6 Å². The summed E-state index contributed by atoms with van der Waals surface area (Å²) in [7, 11) is 0. The highest BCUT2D eigenvalue weighted by Gasteiger charge is 2.41. The third-order valence-electron chi connectivity index (χ3n) is 5.69. The third-order valence-corrected chi connectivity index (χ3v) is 5.69. The fourth-order valence-corrected chi connectivity index (χ4v) is 3.94. The van der Waals surface area contributed by atoms with E-state index in [2.05, 4.69) is 15.0 Å². The second kappa shape index (κ2) is 6.54. The summed E-state index contributed by atoms with van der Waals surface area (Å²) in [5.41, 5.74) is 1.92. The summed E-state index contributed by atoms with van der Waals surface area (Å²) in [4.78, 5) is 25.6. The number of nitrogens with zero attached hydrogens (tertiary/aromatic N) is 6. The van der Waals surface area contributed by atoms with E-state index in [-0.39, 0.29) is 12.2 Å². The number of aromatic nitrogens is 2. The number of fused-ring (bicyclic) bond motifs is 3. The second-order valence-corrected chi connectivity index (χ2v) is 7.36. The van der Waals surface area contributed by atoms with Crippen molar-refractivity contribution in [2.45, 2.75) is 38.8 Å². The molecule has 0 bridgehead atoms. The molecular weight excluding hydrogens is 356 g/mol. The SMILES string of the molecule is CCN(CC)C(=O)N1CC2N(c3nc(C4CC4)no3)C=CN2c2ccccc21. The monoisotopic (exact) mass is 380 g/mol. The van der Waals surface area contributed by atoms with E-state index < -0.39 is 0 Å². The first-order chi connectivity index (χ1) is 13.7. The molecule has 2 aromatic rings. The zero-order chi connectivity index (χ0) is 19.3. The average molecular weight is 380 g/mol. The van der Waals surface area contributed by atoms with Crippen LogP contribution in [0.25, 0.3) is 0 Å². The lowest BCUT2D eigenvalue weighted by Gasteiger charge is -2.42. The minimum atomic E-state index is -0.109. The summed E-state index contributed by atoms with van der Waals surface area (Å²) in [6, 6.07) is 8.52. The number of hydrogen-bond acceptors (Lipinski definition) is 6. The second-order valence-electron chi connectivity index (χ2n) is 7.36. The molecule has 2 amide bonds. The van der Waals surface area contributed by atoms with Gasteiger partial charge in [-0.25, -0.2) is 4.79 Å². The standard InChI is InChI=1S/C20H24N6O2/c1-3-23(4-2)20(27)26-13-17-24(15-7-5-6-8-16(15)26)11-12-25(17)19-21-18(22-28-19)14-9-10-14/h5-8,11-12,14,17H,3-4,9-10,13H2,1-2H3. The van der Waals surface area contributed by atoms with Gasteiger partial charge in [-0.3, -0.25) is 9.80 Å².